The van der Waals surface area contributed by atoms with E-state index < -0.39 is 0 Å². The average Bonchev–Trinajstić information content (AvgIpc) is 2.72. The number of nitrogens with one attached hydrogen (secondary N) is 1. The van der Waals surface area contributed by atoms with E-state index >= 15 is 0 Å². The van der Waals surface area contributed by atoms with Crippen molar-refractivity contribution in [3.05, 3.63) is 63.6 Å². The summed E-state index contributed by atoms with van der Waals surface area (Å²) in [5.74, 6) is -0.0670. The first-order valence-electron chi connectivity index (χ1n) is 7.23. The number of halogens is 1. The lowest BCUT2D eigenvalue weighted by molar-refractivity contribution is -0.652. The van der Waals surface area contributed by atoms with Gasteiger partial charge in [-0.3, -0.25) is 4.79 Å². The van der Waals surface area contributed by atoms with Gasteiger partial charge in [0.1, 0.15) is 0 Å². The lowest BCUT2D eigenvalue weighted by Crippen LogP contribution is -2.84. The van der Waals surface area contributed by atoms with Crippen molar-refractivity contribution < 1.29 is 10.1 Å². The van der Waals surface area contributed by atoms with Crippen LogP contribution >= 0.6 is 15.9 Å². The zero-order valence-corrected chi connectivity index (χ0v) is 13.3. The SMILES string of the molecule is O=C(Nc1ccc2c(c1)CC[NH2+]CC2)c1ccc(Br)cc1. The molecule has 0 saturated heterocycles. The molecule has 3 N–H and O–H groups in total. The molecule has 1 aliphatic heterocycles. The molecule has 0 atom stereocenters. The Morgan fingerprint density at radius 1 is 1.00 bits per heavy atom. The highest BCUT2D eigenvalue weighted by Crippen LogP contribution is 2.19. The van der Waals surface area contributed by atoms with Crippen molar-refractivity contribution in [2.75, 3.05) is 18.4 Å². The normalized spacial score (nSPS) is 14.1. The van der Waals surface area contributed by atoms with Crippen LogP contribution in [0.2, 0.25) is 0 Å². The number of nitrogens with two attached hydrogens (primary N) is 1. The lowest BCUT2D eigenvalue weighted by atomic mass is 10.0. The molecule has 0 fully saturated rings. The van der Waals surface area contributed by atoms with Crippen molar-refractivity contribution in [1.29, 1.82) is 0 Å². The van der Waals surface area contributed by atoms with Crippen molar-refractivity contribution in [3.63, 3.8) is 0 Å². The van der Waals surface area contributed by atoms with Gasteiger partial charge >= 0.3 is 0 Å². The third kappa shape index (κ3) is 3.52. The quantitative estimate of drug-likeness (QED) is 0.862. The van der Waals surface area contributed by atoms with Gasteiger partial charge in [0.15, 0.2) is 0 Å². The van der Waals surface area contributed by atoms with Gasteiger partial charge in [-0.2, -0.15) is 0 Å². The maximum atomic E-state index is 12.2. The van der Waals surface area contributed by atoms with Gasteiger partial charge in [0.2, 0.25) is 0 Å². The number of anilines is 1. The maximum Gasteiger partial charge on any atom is 0.255 e. The molecule has 2 aromatic rings. The summed E-state index contributed by atoms with van der Waals surface area (Å²) in [6, 6.07) is 13.6. The molecule has 3 rings (SSSR count). The molecule has 0 unspecified atom stereocenters. The number of quaternary nitrogens is 1. The van der Waals surface area contributed by atoms with Crippen LogP contribution in [0, 0.1) is 0 Å². The summed E-state index contributed by atoms with van der Waals surface area (Å²) >= 11 is 3.38. The summed E-state index contributed by atoms with van der Waals surface area (Å²) < 4.78 is 0.973. The van der Waals surface area contributed by atoms with Crippen LogP contribution in [0.25, 0.3) is 0 Å². The van der Waals surface area contributed by atoms with Crippen LogP contribution in [0.1, 0.15) is 21.5 Å². The van der Waals surface area contributed by atoms with Crippen LogP contribution in [0.4, 0.5) is 5.69 Å². The van der Waals surface area contributed by atoms with E-state index in [9.17, 15) is 4.79 Å². The van der Waals surface area contributed by atoms with Gasteiger partial charge in [0.05, 0.1) is 13.1 Å². The minimum Gasteiger partial charge on any atom is -0.346 e. The molecule has 2 aromatic carbocycles. The van der Waals surface area contributed by atoms with Crippen molar-refractivity contribution in [3.8, 4) is 0 Å². The smallest absolute Gasteiger partial charge is 0.255 e. The molecule has 1 amide bonds. The predicted molar refractivity (Wildman–Crippen MR) is 87.6 cm³/mol. The molecule has 1 aliphatic rings. The van der Waals surface area contributed by atoms with Crippen LogP contribution < -0.4 is 10.6 Å². The Morgan fingerprint density at radius 2 is 1.71 bits per heavy atom. The Labute approximate surface area is 132 Å². The molecule has 1 heterocycles. The molecular weight excluding hydrogens is 328 g/mol. The van der Waals surface area contributed by atoms with E-state index in [0.717, 1.165) is 36.1 Å². The fourth-order valence-corrected chi connectivity index (χ4v) is 2.91. The molecule has 0 spiro atoms. The molecule has 0 aliphatic carbocycles. The standard InChI is InChI=1S/C17H17BrN2O/c18-15-4-1-13(2-5-15)17(21)20-16-6-3-12-7-9-19-10-8-14(12)11-16/h1-6,11,19H,7-10H2,(H,20,21)/p+1. The second-order valence-corrected chi connectivity index (χ2v) is 6.23. The fourth-order valence-electron chi connectivity index (χ4n) is 2.64. The number of hydrogen-bond acceptors (Lipinski definition) is 1. The summed E-state index contributed by atoms with van der Waals surface area (Å²) in [4.78, 5) is 12.2. The van der Waals surface area contributed by atoms with E-state index in [-0.39, 0.29) is 5.91 Å². The van der Waals surface area contributed by atoms with Crippen molar-refractivity contribution in [2.24, 2.45) is 0 Å². The minimum atomic E-state index is -0.0670. The number of benzene rings is 2. The Balaban J connectivity index is 1.77. The number of carbonyl (C=O) groups is 1. The Hall–Kier alpha value is -1.65. The summed E-state index contributed by atoms with van der Waals surface area (Å²) in [5, 5.41) is 5.33. The van der Waals surface area contributed by atoms with Gasteiger partial charge in [-0.05, 0) is 47.5 Å². The number of carbonyl (C=O) groups excluding carboxylic acids is 1. The van der Waals surface area contributed by atoms with E-state index in [1.165, 1.54) is 11.1 Å². The van der Waals surface area contributed by atoms with Crippen LogP contribution in [-0.2, 0) is 12.8 Å². The third-order valence-electron chi connectivity index (χ3n) is 3.81. The first-order chi connectivity index (χ1) is 10.2. The number of hydrogen-bond donors (Lipinski definition) is 2. The molecule has 0 bridgehead atoms. The van der Waals surface area contributed by atoms with E-state index in [4.69, 9.17) is 0 Å². The molecule has 21 heavy (non-hydrogen) atoms. The predicted octanol–water partition coefficient (Wildman–Crippen LogP) is 2.36. The van der Waals surface area contributed by atoms with E-state index in [1.54, 1.807) is 0 Å². The first-order valence-corrected chi connectivity index (χ1v) is 8.02. The number of fused-ring (bicyclic) bond motifs is 1. The minimum absolute atomic E-state index is 0.0670. The maximum absolute atomic E-state index is 12.2. The van der Waals surface area contributed by atoms with Crippen molar-refractivity contribution in [1.82, 2.24) is 0 Å². The second-order valence-electron chi connectivity index (χ2n) is 5.31. The summed E-state index contributed by atoms with van der Waals surface area (Å²) in [6.07, 6.45) is 2.17. The molecule has 4 heteroatoms. The van der Waals surface area contributed by atoms with Gasteiger partial charge in [0.25, 0.3) is 5.91 Å². The van der Waals surface area contributed by atoms with Gasteiger partial charge < -0.3 is 10.6 Å². The third-order valence-corrected chi connectivity index (χ3v) is 4.33. The molecule has 0 radical (unpaired) electrons. The van der Waals surface area contributed by atoms with Crippen molar-refractivity contribution >= 4 is 27.5 Å². The van der Waals surface area contributed by atoms with Gasteiger partial charge in [-0.25, -0.2) is 0 Å². The van der Waals surface area contributed by atoms with E-state index in [0.29, 0.717) is 5.56 Å². The largest absolute Gasteiger partial charge is 0.346 e. The Kier molecular flexibility index (Phi) is 4.36. The fraction of sp³-hybridized carbons (Fsp3) is 0.235. The number of rotatable bonds is 2. The van der Waals surface area contributed by atoms with Crippen LogP contribution in [0.3, 0.4) is 0 Å². The Bertz CT molecular complexity index is 652. The average molecular weight is 346 g/mol. The molecule has 3 nitrogen and oxygen atoms in total. The highest BCUT2D eigenvalue weighted by atomic mass is 79.9. The van der Waals surface area contributed by atoms with Gasteiger partial charge in [-0.1, -0.05) is 22.0 Å². The molecule has 0 aromatic heterocycles. The summed E-state index contributed by atoms with van der Waals surface area (Å²) in [6.45, 7) is 2.27. The highest BCUT2D eigenvalue weighted by Gasteiger charge is 2.11. The van der Waals surface area contributed by atoms with Gasteiger partial charge in [0, 0.05) is 28.6 Å². The van der Waals surface area contributed by atoms with E-state index in [2.05, 4.69) is 38.7 Å². The summed E-state index contributed by atoms with van der Waals surface area (Å²) in [5.41, 5.74) is 4.31. The highest BCUT2D eigenvalue weighted by molar-refractivity contribution is 9.10. The van der Waals surface area contributed by atoms with E-state index in [1.807, 2.05) is 30.3 Å². The van der Waals surface area contributed by atoms with Crippen LogP contribution in [-0.4, -0.2) is 19.0 Å². The summed E-state index contributed by atoms with van der Waals surface area (Å²) in [7, 11) is 0. The molecule has 0 saturated carbocycles. The molecular formula is C17H18BrN2O+. The second kappa shape index (κ2) is 6.41. The molecule has 108 valence electrons. The van der Waals surface area contributed by atoms with Crippen LogP contribution in [0.15, 0.2) is 46.9 Å². The topological polar surface area (TPSA) is 45.7 Å². The first kappa shape index (κ1) is 14.3. The zero-order chi connectivity index (χ0) is 14.7. The monoisotopic (exact) mass is 345 g/mol. The lowest BCUT2D eigenvalue weighted by Gasteiger charge is -2.09. The van der Waals surface area contributed by atoms with Gasteiger partial charge in [-0.15, -0.1) is 0 Å². The number of amides is 1. The zero-order valence-electron chi connectivity index (χ0n) is 11.7. The Morgan fingerprint density at radius 3 is 2.48 bits per heavy atom. The van der Waals surface area contributed by atoms with Crippen LogP contribution in [0.5, 0.6) is 0 Å². The van der Waals surface area contributed by atoms with Crippen molar-refractivity contribution in [2.45, 2.75) is 12.8 Å².